The molecular formula is C21H13Cl3F2N4O3. The summed E-state index contributed by atoms with van der Waals surface area (Å²) in [7, 11) is 1.65. The lowest BCUT2D eigenvalue weighted by Crippen LogP contribution is -2.40. The van der Waals surface area contributed by atoms with Crippen molar-refractivity contribution in [1.82, 2.24) is 10.1 Å². The van der Waals surface area contributed by atoms with Crippen LogP contribution in [-0.4, -0.2) is 17.2 Å². The Hall–Kier alpha value is -3.01. The Morgan fingerprint density at radius 3 is 2.24 bits per heavy atom. The van der Waals surface area contributed by atoms with E-state index in [1.807, 2.05) is 0 Å². The molecular weight excluding hydrogens is 501 g/mol. The van der Waals surface area contributed by atoms with Crippen LogP contribution >= 0.6 is 34.8 Å². The van der Waals surface area contributed by atoms with Gasteiger partial charge in [-0.05, 0) is 29.3 Å². The zero-order valence-electron chi connectivity index (χ0n) is 16.7. The summed E-state index contributed by atoms with van der Waals surface area (Å²) in [5, 5.41) is 3.21. The number of nitrogens with one attached hydrogen (secondary N) is 1. The molecule has 0 fully saturated rings. The molecule has 0 saturated carbocycles. The van der Waals surface area contributed by atoms with Crippen LogP contribution in [0, 0.1) is 0 Å². The van der Waals surface area contributed by atoms with E-state index in [1.165, 1.54) is 0 Å². The van der Waals surface area contributed by atoms with E-state index in [1.54, 1.807) is 54.4 Å². The van der Waals surface area contributed by atoms with Gasteiger partial charge in [0.1, 0.15) is 11.4 Å². The lowest BCUT2D eigenvalue weighted by molar-refractivity contribution is 0.0551. The SMILES string of the molecule is CN(Cc1ccc(-c2noc(C(F)(F)Cl)n2)cc1)c1c(Nc2c(Cl)cccc2Cl)c(=O)c1=O. The number of alkyl halides is 3. The van der Waals surface area contributed by atoms with Gasteiger partial charge in [-0.3, -0.25) is 9.59 Å². The molecule has 0 bridgehead atoms. The molecule has 0 atom stereocenters. The molecule has 0 spiro atoms. The maximum absolute atomic E-state index is 13.1. The normalized spacial score (nSPS) is 11.7. The van der Waals surface area contributed by atoms with Crippen molar-refractivity contribution < 1.29 is 13.3 Å². The average molecular weight is 514 g/mol. The van der Waals surface area contributed by atoms with Crippen LogP contribution in [-0.2, 0) is 11.9 Å². The van der Waals surface area contributed by atoms with Crippen LogP contribution in [0.15, 0.2) is 56.6 Å². The first kappa shape index (κ1) is 23.2. The van der Waals surface area contributed by atoms with Gasteiger partial charge in [0.2, 0.25) is 5.82 Å². The molecule has 0 aliphatic carbocycles. The quantitative estimate of drug-likeness (QED) is 0.265. The first-order chi connectivity index (χ1) is 15.6. The fourth-order valence-electron chi connectivity index (χ4n) is 3.17. The first-order valence-electron chi connectivity index (χ1n) is 9.32. The third kappa shape index (κ3) is 4.57. The molecule has 33 heavy (non-hydrogen) atoms. The third-order valence-electron chi connectivity index (χ3n) is 4.78. The van der Waals surface area contributed by atoms with Crippen molar-refractivity contribution in [2.75, 3.05) is 17.3 Å². The molecule has 3 aromatic carbocycles. The smallest absolute Gasteiger partial charge is 0.365 e. The number of hydrogen-bond donors (Lipinski definition) is 1. The minimum Gasteiger partial charge on any atom is -0.365 e. The highest BCUT2D eigenvalue weighted by Crippen LogP contribution is 2.35. The lowest BCUT2D eigenvalue weighted by Gasteiger charge is -2.24. The molecule has 0 radical (unpaired) electrons. The lowest BCUT2D eigenvalue weighted by atomic mass is 10.1. The summed E-state index contributed by atoms with van der Waals surface area (Å²) < 4.78 is 30.6. The van der Waals surface area contributed by atoms with Gasteiger partial charge in [-0.25, -0.2) is 0 Å². The van der Waals surface area contributed by atoms with Crippen molar-refractivity contribution in [2.24, 2.45) is 0 Å². The molecule has 12 heteroatoms. The predicted molar refractivity (Wildman–Crippen MR) is 123 cm³/mol. The van der Waals surface area contributed by atoms with E-state index in [0.717, 1.165) is 5.56 Å². The highest BCUT2D eigenvalue weighted by atomic mass is 35.5. The summed E-state index contributed by atoms with van der Waals surface area (Å²) in [6.07, 6.45) is 0. The van der Waals surface area contributed by atoms with Crippen LogP contribution in [0.3, 0.4) is 0 Å². The van der Waals surface area contributed by atoms with Gasteiger partial charge < -0.3 is 14.7 Å². The number of halogens is 5. The standard InChI is InChI=1S/C21H13Cl3F2N4O3/c1-30(16-15(17(31)18(16)32)27-14-12(22)3-2-4-13(14)23)9-10-5-7-11(8-6-10)19-28-20(33-29-19)21(24,25)26/h2-8,27H,9H2,1H3. The van der Waals surface area contributed by atoms with Gasteiger partial charge in [-0.1, -0.05) is 58.7 Å². The van der Waals surface area contributed by atoms with E-state index in [2.05, 4.69) is 20.0 Å². The summed E-state index contributed by atoms with van der Waals surface area (Å²) in [4.78, 5) is 29.6. The van der Waals surface area contributed by atoms with E-state index in [0.29, 0.717) is 21.3 Å². The summed E-state index contributed by atoms with van der Waals surface area (Å²) in [6.45, 7) is 0.271. The minimum atomic E-state index is -3.76. The van der Waals surface area contributed by atoms with Gasteiger partial charge in [0, 0.05) is 19.2 Å². The molecule has 7 nitrogen and oxygen atoms in total. The molecule has 1 heterocycles. The molecule has 0 saturated heterocycles. The summed E-state index contributed by atoms with van der Waals surface area (Å²) in [5.41, 5.74) is 0.495. The van der Waals surface area contributed by atoms with E-state index in [-0.39, 0.29) is 23.7 Å². The maximum atomic E-state index is 13.1. The highest BCUT2D eigenvalue weighted by Gasteiger charge is 2.35. The summed E-state index contributed by atoms with van der Waals surface area (Å²) >= 11 is 17.2. The molecule has 0 aliphatic rings. The molecule has 4 aromatic rings. The Balaban J connectivity index is 1.52. The average Bonchev–Trinajstić information content (AvgIpc) is 3.26. The number of rotatable bonds is 7. The second-order valence-corrected chi connectivity index (χ2v) is 8.37. The number of anilines is 3. The maximum Gasteiger partial charge on any atom is 0.400 e. The zero-order valence-corrected chi connectivity index (χ0v) is 19.0. The topological polar surface area (TPSA) is 88.3 Å². The van der Waals surface area contributed by atoms with Crippen molar-refractivity contribution in [3.8, 4) is 11.4 Å². The summed E-state index contributed by atoms with van der Waals surface area (Å²) in [5.74, 6) is -1.04. The predicted octanol–water partition coefficient (Wildman–Crippen LogP) is 5.31. The van der Waals surface area contributed by atoms with Gasteiger partial charge in [0.25, 0.3) is 10.9 Å². The highest BCUT2D eigenvalue weighted by molar-refractivity contribution is 6.39. The van der Waals surface area contributed by atoms with Crippen LogP contribution in [0.1, 0.15) is 11.5 Å². The van der Waals surface area contributed by atoms with Gasteiger partial charge in [0.15, 0.2) is 0 Å². The van der Waals surface area contributed by atoms with Crippen molar-refractivity contribution in [3.63, 3.8) is 0 Å². The van der Waals surface area contributed by atoms with E-state index in [9.17, 15) is 18.4 Å². The molecule has 0 amide bonds. The first-order valence-corrected chi connectivity index (χ1v) is 10.5. The second kappa shape index (κ2) is 8.74. The minimum absolute atomic E-state index is 0.0455. The Morgan fingerprint density at radius 2 is 1.67 bits per heavy atom. The monoisotopic (exact) mass is 512 g/mol. The van der Waals surface area contributed by atoms with Crippen molar-refractivity contribution >= 4 is 51.9 Å². The Kier molecular flexibility index (Phi) is 6.13. The van der Waals surface area contributed by atoms with Crippen molar-refractivity contribution in [2.45, 2.75) is 11.9 Å². The summed E-state index contributed by atoms with van der Waals surface area (Å²) in [6, 6.07) is 11.5. The van der Waals surface area contributed by atoms with E-state index in [4.69, 9.17) is 34.8 Å². The Labute approximate surface area is 200 Å². The molecule has 0 aliphatic heterocycles. The van der Waals surface area contributed by atoms with Crippen LogP contribution in [0.4, 0.5) is 25.8 Å². The van der Waals surface area contributed by atoms with Gasteiger partial charge in [0.05, 0.1) is 15.7 Å². The molecule has 4 rings (SSSR count). The molecule has 1 N–H and O–H groups in total. The number of nitrogens with zero attached hydrogens (tertiary/aromatic N) is 3. The van der Waals surface area contributed by atoms with Crippen LogP contribution in [0.2, 0.25) is 10.0 Å². The fraction of sp³-hybridized carbons (Fsp3) is 0.143. The Bertz CT molecular complexity index is 1370. The van der Waals surface area contributed by atoms with Crippen LogP contribution in [0.5, 0.6) is 0 Å². The third-order valence-corrected chi connectivity index (χ3v) is 5.57. The van der Waals surface area contributed by atoms with Crippen molar-refractivity contribution in [1.29, 1.82) is 0 Å². The molecule has 1 aromatic heterocycles. The van der Waals surface area contributed by atoms with Gasteiger partial charge in [-0.15, -0.1) is 0 Å². The van der Waals surface area contributed by atoms with E-state index >= 15 is 0 Å². The van der Waals surface area contributed by atoms with Crippen LogP contribution in [0.25, 0.3) is 11.4 Å². The molecule has 170 valence electrons. The zero-order chi connectivity index (χ0) is 23.9. The number of hydrogen-bond acceptors (Lipinski definition) is 7. The molecule has 0 unspecified atom stereocenters. The Morgan fingerprint density at radius 1 is 1.03 bits per heavy atom. The van der Waals surface area contributed by atoms with Gasteiger partial charge in [-0.2, -0.15) is 13.8 Å². The van der Waals surface area contributed by atoms with Crippen LogP contribution < -0.4 is 21.1 Å². The van der Waals surface area contributed by atoms with E-state index < -0.39 is 22.1 Å². The van der Waals surface area contributed by atoms with Gasteiger partial charge >= 0.3 is 11.3 Å². The number of para-hydroxylation sites is 1. The largest absolute Gasteiger partial charge is 0.400 e. The fourth-order valence-corrected chi connectivity index (χ4v) is 3.74. The second-order valence-electron chi connectivity index (χ2n) is 7.08. The van der Waals surface area contributed by atoms with Crippen molar-refractivity contribution in [3.05, 3.63) is 84.4 Å². The number of benzene rings is 2. The number of aromatic nitrogens is 2.